The van der Waals surface area contributed by atoms with Crippen molar-refractivity contribution in [3.63, 3.8) is 0 Å². The maximum absolute atomic E-state index is 11.2. The molecule has 0 radical (unpaired) electrons. The van der Waals surface area contributed by atoms with Crippen LogP contribution in [0.1, 0.15) is 39.5 Å². The Bertz CT molecular complexity index is 239. The lowest BCUT2D eigenvalue weighted by Gasteiger charge is -2.39. The van der Waals surface area contributed by atoms with E-state index in [4.69, 9.17) is 0 Å². The van der Waals surface area contributed by atoms with E-state index in [9.17, 15) is 4.79 Å². The molecule has 1 aliphatic heterocycles. The van der Waals surface area contributed by atoms with Crippen LogP contribution in [0.4, 0.5) is 0 Å². The molecular formula is C11H20N2O. The molecule has 80 valence electrons. The molecule has 0 aromatic carbocycles. The highest BCUT2D eigenvalue weighted by Crippen LogP contribution is 2.35. The molecular weight excluding hydrogens is 176 g/mol. The van der Waals surface area contributed by atoms with Crippen molar-refractivity contribution in [2.75, 3.05) is 6.54 Å². The normalized spacial score (nSPS) is 37.9. The Morgan fingerprint density at radius 3 is 2.86 bits per heavy atom. The fourth-order valence-corrected chi connectivity index (χ4v) is 2.77. The summed E-state index contributed by atoms with van der Waals surface area (Å²) in [5.41, 5.74) is -0.0513. The molecule has 2 N–H and O–H groups in total. The third-order valence-corrected chi connectivity index (χ3v) is 3.70. The molecule has 1 amide bonds. The van der Waals surface area contributed by atoms with E-state index in [1.807, 2.05) is 0 Å². The second-order valence-corrected chi connectivity index (χ2v) is 5.08. The van der Waals surface area contributed by atoms with Crippen LogP contribution in [0.5, 0.6) is 0 Å². The maximum atomic E-state index is 11.2. The fourth-order valence-electron chi connectivity index (χ4n) is 2.77. The average molecular weight is 196 g/mol. The summed E-state index contributed by atoms with van der Waals surface area (Å²) in [5, 5.41) is 6.45. The Labute approximate surface area is 85.6 Å². The third kappa shape index (κ3) is 1.78. The van der Waals surface area contributed by atoms with Gasteiger partial charge in [-0.05, 0) is 37.5 Å². The predicted octanol–water partition coefficient (Wildman–Crippen LogP) is 1.25. The molecule has 1 spiro atoms. The van der Waals surface area contributed by atoms with Gasteiger partial charge in [-0.2, -0.15) is 0 Å². The van der Waals surface area contributed by atoms with Crippen molar-refractivity contribution in [1.29, 1.82) is 0 Å². The van der Waals surface area contributed by atoms with Gasteiger partial charge in [-0.3, -0.25) is 10.1 Å². The minimum atomic E-state index is -0.0513. The van der Waals surface area contributed by atoms with Gasteiger partial charge in [-0.15, -0.1) is 0 Å². The fraction of sp³-hybridized carbons (Fsp3) is 0.909. The number of hydrogen-bond donors (Lipinski definition) is 2. The minimum absolute atomic E-state index is 0.0513. The average Bonchev–Trinajstić information content (AvgIpc) is 2.47. The molecule has 2 rings (SSSR count). The van der Waals surface area contributed by atoms with E-state index >= 15 is 0 Å². The van der Waals surface area contributed by atoms with E-state index in [1.54, 1.807) is 0 Å². The van der Waals surface area contributed by atoms with Gasteiger partial charge in [0.05, 0.1) is 12.2 Å². The van der Waals surface area contributed by atoms with E-state index in [0.29, 0.717) is 6.54 Å². The number of nitrogens with one attached hydrogen (secondary N) is 2. The summed E-state index contributed by atoms with van der Waals surface area (Å²) in [7, 11) is 0. The molecule has 1 heterocycles. The van der Waals surface area contributed by atoms with Crippen LogP contribution in [0.15, 0.2) is 0 Å². The van der Waals surface area contributed by atoms with Crippen molar-refractivity contribution in [2.45, 2.75) is 45.2 Å². The van der Waals surface area contributed by atoms with Crippen molar-refractivity contribution in [2.24, 2.45) is 11.8 Å². The van der Waals surface area contributed by atoms with Gasteiger partial charge in [0.1, 0.15) is 0 Å². The van der Waals surface area contributed by atoms with Gasteiger partial charge in [-0.1, -0.05) is 13.8 Å². The minimum Gasteiger partial charge on any atom is -0.337 e. The maximum Gasteiger partial charge on any atom is 0.235 e. The summed E-state index contributed by atoms with van der Waals surface area (Å²) >= 11 is 0. The van der Waals surface area contributed by atoms with Gasteiger partial charge in [0.2, 0.25) is 5.91 Å². The van der Waals surface area contributed by atoms with Crippen molar-refractivity contribution in [3.05, 3.63) is 0 Å². The van der Waals surface area contributed by atoms with Crippen LogP contribution in [-0.2, 0) is 4.79 Å². The van der Waals surface area contributed by atoms with Gasteiger partial charge in [0.25, 0.3) is 0 Å². The van der Waals surface area contributed by atoms with Crippen LogP contribution >= 0.6 is 0 Å². The molecule has 14 heavy (non-hydrogen) atoms. The van der Waals surface area contributed by atoms with E-state index < -0.39 is 0 Å². The standard InChI is InChI=1S/C11H20N2O/c1-8(2)9-4-3-5-11(6-9)12-7-10(14)13-11/h8-9,12H,3-7H2,1-2H3,(H,13,14). The first-order chi connectivity index (χ1) is 6.61. The first-order valence-corrected chi connectivity index (χ1v) is 5.67. The first-order valence-electron chi connectivity index (χ1n) is 5.67. The second kappa shape index (κ2) is 3.54. The number of rotatable bonds is 1. The molecule has 2 unspecified atom stereocenters. The summed E-state index contributed by atoms with van der Waals surface area (Å²) < 4.78 is 0. The van der Waals surface area contributed by atoms with E-state index in [-0.39, 0.29) is 11.6 Å². The molecule has 1 saturated heterocycles. The van der Waals surface area contributed by atoms with Crippen LogP contribution in [0.25, 0.3) is 0 Å². The zero-order valence-electron chi connectivity index (χ0n) is 9.10. The summed E-state index contributed by atoms with van der Waals surface area (Å²) in [6.07, 6.45) is 4.76. The molecule has 2 aliphatic rings. The molecule has 2 fully saturated rings. The lowest BCUT2D eigenvalue weighted by molar-refractivity contribution is -0.119. The molecule has 0 bridgehead atoms. The molecule has 1 saturated carbocycles. The highest BCUT2D eigenvalue weighted by molar-refractivity contribution is 5.81. The third-order valence-electron chi connectivity index (χ3n) is 3.70. The zero-order chi connectivity index (χ0) is 10.2. The molecule has 3 nitrogen and oxygen atoms in total. The van der Waals surface area contributed by atoms with Crippen LogP contribution in [0.3, 0.4) is 0 Å². The molecule has 2 atom stereocenters. The monoisotopic (exact) mass is 196 g/mol. The van der Waals surface area contributed by atoms with Crippen LogP contribution in [0, 0.1) is 11.8 Å². The van der Waals surface area contributed by atoms with Crippen LogP contribution in [-0.4, -0.2) is 18.1 Å². The van der Waals surface area contributed by atoms with Gasteiger partial charge in [0.15, 0.2) is 0 Å². The van der Waals surface area contributed by atoms with Gasteiger partial charge in [-0.25, -0.2) is 0 Å². The van der Waals surface area contributed by atoms with Gasteiger partial charge < -0.3 is 5.32 Å². The topological polar surface area (TPSA) is 41.1 Å². The molecule has 3 heteroatoms. The molecule has 0 aromatic rings. The lowest BCUT2D eigenvalue weighted by Crippen LogP contribution is -2.53. The Balaban J connectivity index is 2.03. The Kier molecular flexibility index (Phi) is 2.52. The van der Waals surface area contributed by atoms with Crippen LogP contribution < -0.4 is 10.6 Å². The smallest absolute Gasteiger partial charge is 0.235 e. The largest absolute Gasteiger partial charge is 0.337 e. The molecule has 0 aromatic heterocycles. The number of carbonyl (C=O) groups excluding carboxylic acids is 1. The Hall–Kier alpha value is -0.570. The molecule has 1 aliphatic carbocycles. The van der Waals surface area contributed by atoms with Crippen molar-refractivity contribution in [3.8, 4) is 0 Å². The summed E-state index contributed by atoms with van der Waals surface area (Å²) in [6, 6.07) is 0. The summed E-state index contributed by atoms with van der Waals surface area (Å²) in [4.78, 5) is 11.2. The first kappa shape index (κ1) is 9.97. The second-order valence-electron chi connectivity index (χ2n) is 5.08. The van der Waals surface area contributed by atoms with Crippen molar-refractivity contribution >= 4 is 5.91 Å². The zero-order valence-corrected chi connectivity index (χ0v) is 9.10. The summed E-state index contributed by atoms with van der Waals surface area (Å²) in [6.45, 7) is 5.06. The lowest BCUT2D eigenvalue weighted by atomic mass is 9.76. The van der Waals surface area contributed by atoms with Gasteiger partial charge in [0, 0.05) is 0 Å². The predicted molar refractivity (Wildman–Crippen MR) is 55.7 cm³/mol. The van der Waals surface area contributed by atoms with E-state index in [1.165, 1.54) is 12.8 Å². The summed E-state index contributed by atoms with van der Waals surface area (Å²) in [5.74, 6) is 1.65. The van der Waals surface area contributed by atoms with Crippen molar-refractivity contribution < 1.29 is 4.79 Å². The van der Waals surface area contributed by atoms with E-state index in [0.717, 1.165) is 24.7 Å². The Morgan fingerprint density at radius 1 is 1.50 bits per heavy atom. The van der Waals surface area contributed by atoms with Crippen molar-refractivity contribution in [1.82, 2.24) is 10.6 Å². The van der Waals surface area contributed by atoms with Crippen LogP contribution in [0.2, 0.25) is 0 Å². The van der Waals surface area contributed by atoms with E-state index in [2.05, 4.69) is 24.5 Å². The van der Waals surface area contributed by atoms with Gasteiger partial charge >= 0.3 is 0 Å². The quantitative estimate of drug-likeness (QED) is 0.662. The Morgan fingerprint density at radius 2 is 2.29 bits per heavy atom. The number of hydrogen-bond acceptors (Lipinski definition) is 2. The number of amides is 1. The highest BCUT2D eigenvalue weighted by Gasteiger charge is 2.41. The highest BCUT2D eigenvalue weighted by atomic mass is 16.2. The number of carbonyl (C=O) groups is 1. The SMILES string of the molecule is CC(C)C1CCCC2(C1)NCC(=O)N2.